The van der Waals surface area contributed by atoms with Crippen molar-refractivity contribution >= 4 is 28.6 Å². The van der Waals surface area contributed by atoms with Gasteiger partial charge >= 0.3 is 0 Å². The molecular formula is C25H27N5OS. The number of nitrogens with zero attached hydrogens (tertiary/aromatic N) is 4. The van der Waals surface area contributed by atoms with Gasteiger partial charge < -0.3 is 9.88 Å². The molecule has 1 aliphatic heterocycles. The Morgan fingerprint density at radius 1 is 1.00 bits per heavy atom. The van der Waals surface area contributed by atoms with Gasteiger partial charge in [0, 0.05) is 35.8 Å². The molecule has 1 amide bonds. The summed E-state index contributed by atoms with van der Waals surface area (Å²) in [4.78, 5) is 18.2. The Bertz CT molecular complexity index is 1240. The minimum atomic E-state index is 0.185. The average molecular weight is 446 g/mol. The molecule has 0 unspecified atom stereocenters. The molecule has 2 aromatic carbocycles. The van der Waals surface area contributed by atoms with Crippen molar-refractivity contribution in [2.45, 2.75) is 37.8 Å². The number of thioether (sulfide) groups is 1. The average Bonchev–Trinajstić information content (AvgIpc) is 3.32. The summed E-state index contributed by atoms with van der Waals surface area (Å²) in [5.41, 5.74) is 4.23. The Kier molecular flexibility index (Phi) is 5.99. The molecule has 7 heteroatoms. The van der Waals surface area contributed by atoms with Crippen LogP contribution in [0, 0.1) is 6.92 Å². The van der Waals surface area contributed by atoms with Crippen molar-refractivity contribution in [2.24, 2.45) is 0 Å². The second kappa shape index (κ2) is 9.20. The number of likely N-dealkylation sites (tertiary alicyclic amines) is 1. The van der Waals surface area contributed by atoms with Gasteiger partial charge in [0.25, 0.3) is 0 Å². The summed E-state index contributed by atoms with van der Waals surface area (Å²) in [5.74, 6) is 1.34. The fraction of sp³-hybridized carbons (Fsp3) is 0.320. The Hall–Kier alpha value is -3.06. The molecule has 4 aromatic rings. The molecular weight excluding hydrogens is 418 g/mol. The first-order valence-electron chi connectivity index (χ1n) is 11.2. The number of aromatic nitrogens is 4. The highest BCUT2D eigenvalue weighted by Gasteiger charge is 2.22. The smallest absolute Gasteiger partial charge is 0.233 e. The van der Waals surface area contributed by atoms with Crippen molar-refractivity contribution in [1.29, 1.82) is 0 Å². The molecule has 164 valence electrons. The van der Waals surface area contributed by atoms with Crippen molar-refractivity contribution in [1.82, 2.24) is 24.6 Å². The lowest BCUT2D eigenvalue weighted by atomic mass is 10.1. The number of carbonyl (C=O) groups is 1. The molecule has 3 heterocycles. The van der Waals surface area contributed by atoms with Gasteiger partial charge in [-0.05, 0) is 37.5 Å². The van der Waals surface area contributed by atoms with Crippen LogP contribution in [0.15, 0.2) is 59.9 Å². The summed E-state index contributed by atoms with van der Waals surface area (Å²) in [6, 6.07) is 16.4. The second-order valence-electron chi connectivity index (χ2n) is 8.26. The minimum absolute atomic E-state index is 0.185. The predicted octanol–water partition coefficient (Wildman–Crippen LogP) is 5.22. The first-order chi connectivity index (χ1) is 15.7. The van der Waals surface area contributed by atoms with Crippen LogP contribution in [0.1, 0.15) is 31.2 Å². The number of amides is 1. The highest BCUT2D eigenvalue weighted by molar-refractivity contribution is 7.99. The summed E-state index contributed by atoms with van der Waals surface area (Å²) >= 11 is 1.47. The van der Waals surface area contributed by atoms with Gasteiger partial charge in [0.05, 0.1) is 11.4 Å². The van der Waals surface area contributed by atoms with Crippen LogP contribution in [0.4, 0.5) is 0 Å². The number of carbonyl (C=O) groups excluding carboxylic acids is 1. The number of para-hydroxylation sites is 2. The van der Waals surface area contributed by atoms with Crippen LogP contribution in [0.2, 0.25) is 0 Å². The summed E-state index contributed by atoms with van der Waals surface area (Å²) in [7, 11) is 0. The van der Waals surface area contributed by atoms with Crippen LogP contribution in [0.3, 0.4) is 0 Å². The van der Waals surface area contributed by atoms with Crippen molar-refractivity contribution in [3.8, 4) is 17.1 Å². The Morgan fingerprint density at radius 2 is 1.75 bits per heavy atom. The zero-order valence-electron chi connectivity index (χ0n) is 18.3. The number of fused-ring (bicyclic) bond motifs is 1. The van der Waals surface area contributed by atoms with Crippen LogP contribution >= 0.6 is 11.8 Å². The van der Waals surface area contributed by atoms with E-state index in [1.54, 1.807) is 0 Å². The zero-order chi connectivity index (χ0) is 21.9. The molecule has 2 aromatic heterocycles. The highest BCUT2D eigenvalue weighted by atomic mass is 32.2. The van der Waals surface area contributed by atoms with Crippen molar-refractivity contribution < 1.29 is 4.79 Å². The maximum absolute atomic E-state index is 12.9. The number of rotatable bonds is 5. The van der Waals surface area contributed by atoms with E-state index < -0.39 is 0 Å². The van der Waals surface area contributed by atoms with E-state index in [4.69, 9.17) is 0 Å². The molecule has 6 nitrogen and oxygen atoms in total. The Balaban J connectivity index is 1.51. The monoisotopic (exact) mass is 445 g/mol. The van der Waals surface area contributed by atoms with Crippen LogP contribution in [0.25, 0.3) is 28.0 Å². The molecule has 1 aliphatic rings. The molecule has 0 atom stereocenters. The molecule has 32 heavy (non-hydrogen) atoms. The summed E-state index contributed by atoms with van der Waals surface area (Å²) in [6.07, 6.45) is 6.61. The van der Waals surface area contributed by atoms with Gasteiger partial charge in [-0.3, -0.25) is 9.36 Å². The summed E-state index contributed by atoms with van der Waals surface area (Å²) in [6.45, 7) is 3.82. The number of benzene rings is 2. The zero-order valence-corrected chi connectivity index (χ0v) is 19.1. The lowest BCUT2D eigenvalue weighted by Crippen LogP contribution is -2.33. The summed E-state index contributed by atoms with van der Waals surface area (Å²) in [5, 5.41) is 10.9. The van der Waals surface area contributed by atoms with Gasteiger partial charge in [0.2, 0.25) is 5.91 Å². The Labute approximate surface area is 192 Å². The lowest BCUT2D eigenvalue weighted by molar-refractivity contribution is -0.128. The van der Waals surface area contributed by atoms with E-state index in [-0.39, 0.29) is 5.91 Å². The van der Waals surface area contributed by atoms with E-state index >= 15 is 0 Å². The standard InChI is InChI=1S/C25H27N5OS/c1-18-10-4-7-13-22(18)30-24(20-16-26-21-12-6-5-11-19(20)21)27-28-25(30)32-17-23(31)29-14-8-2-3-9-15-29/h4-7,10-13,16,26H,2-3,8-9,14-15,17H2,1H3. The molecule has 1 saturated heterocycles. The van der Waals surface area contributed by atoms with Gasteiger partial charge in [0.1, 0.15) is 0 Å². The maximum Gasteiger partial charge on any atom is 0.233 e. The van der Waals surface area contributed by atoms with E-state index in [0.29, 0.717) is 5.75 Å². The molecule has 0 bridgehead atoms. The third kappa shape index (κ3) is 4.05. The van der Waals surface area contributed by atoms with E-state index in [1.807, 2.05) is 35.4 Å². The molecule has 5 rings (SSSR count). The molecule has 0 saturated carbocycles. The van der Waals surface area contributed by atoms with Crippen molar-refractivity contribution in [3.63, 3.8) is 0 Å². The quantitative estimate of drug-likeness (QED) is 0.428. The molecule has 1 fully saturated rings. The second-order valence-corrected chi connectivity index (χ2v) is 9.20. The first kappa shape index (κ1) is 20.8. The SMILES string of the molecule is Cc1ccccc1-n1c(SCC(=O)N2CCCCCC2)nnc1-c1c[nH]c2ccccc12. The Morgan fingerprint density at radius 3 is 2.56 bits per heavy atom. The number of aromatic amines is 1. The molecule has 0 aliphatic carbocycles. The normalized spacial score (nSPS) is 14.6. The lowest BCUT2D eigenvalue weighted by Gasteiger charge is -2.20. The van der Waals surface area contributed by atoms with E-state index in [2.05, 4.69) is 50.9 Å². The third-order valence-corrected chi connectivity index (χ3v) is 7.02. The molecule has 0 spiro atoms. The van der Waals surface area contributed by atoms with Gasteiger partial charge in [-0.2, -0.15) is 0 Å². The van der Waals surface area contributed by atoms with Crippen LogP contribution < -0.4 is 0 Å². The number of hydrogen-bond donors (Lipinski definition) is 1. The van der Waals surface area contributed by atoms with Crippen molar-refractivity contribution in [3.05, 3.63) is 60.3 Å². The van der Waals surface area contributed by atoms with Gasteiger partial charge in [0.15, 0.2) is 11.0 Å². The van der Waals surface area contributed by atoms with E-state index in [9.17, 15) is 4.79 Å². The maximum atomic E-state index is 12.9. The largest absolute Gasteiger partial charge is 0.360 e. The first-order valence-corrected chi connectivity index (χ1v) is 12.2. The van der Waals surface area contributed by atoms with Crippen LogP contribution in [0.5, 0.6) is 0 Å². The van der Waals surface area contributed by atoms with Crippen LogP contribution in [-0.2, 0) is 4.79 Å². The van der Waals surface area contributed by atoms with Gasteiger partial charge in [-0.1, -0.05) is 61.0 Å². The van der Waals surface area contributed by atoms with E-state index in [1.165, 1.54) is 24.6 Å². The van der Waals surface area contributed by atoms with Gasteiger partial charge in [-0.15, -0.1) is 10.2 Å². The number of hydrogen-bond acceptors (Lipinski definition) is 4. The van der Waals surface area contributed by atoms with Gasteiger partial charge in [-0.25, -0.2) is 0 Å². The fourth-order valence-corrected chi connectivity index (χ4v) is 5.21. The summed E-state index contributed by atoms with van der Waals surface area (Å²) < 4.78 is 2.09. The van der Waals surface area contributed by atoms with Crippen molar-refractivity contribution in [2.75, 3.05) is 18.8 Å². The minimum Gasteiger partial charge on any atom is -0.360 e. The number of H-pyrrole nitrogens is 1. The number of aryl methyl sites for hydroxylation is 1. The molecule has 0 radical (unpaired) electrons. The number of nitrogens with one attached hydrogen (secondary N) is 1. The predicted molar refractivity (Wildman–Crippen MR) is 129 cm³/mol. The van der Waals surface area contributed by atoms with Crippen LogP contribution in [-0.4, -0.2) is 49.4 Å². The molecule has 1 N–H and O–H groups in total. The third-order valence-electron chi connectivity index (χ3n) is 6.10. The topological polar surface area (TPSA) is 66.8 Å². The highest BCUT2D eigenvalue weighted by Crippen LogP contribution is 2.33. The fourth-order valence-electron chi connectivity index (χ4n) is 4.36. The van der Waals surface area contributed by atoms with E-state index in [0.717, 1.165) is 64.6 Å².